The van der Waals surface area contributed by atoms with Crippen LogP contribution in [0.3, 0.4) is 0 Å². The Bertz CT molecular complexity index is 904. The van der Waals surface area contributed by atoms with E-state index in [1.54, 1.807) is 6.07 Å². The van der Waals surface area contributed by atoms with Gasteiger partial charge in [-0.2, -0.15) is 5.10 Å². The van der Waals surface area contributed by atoms with E-state index in [1.807, 2.05) is 0 Å². The van der Waals surface area contributed by atoms with E-state index in [9.17, 15) is 9.18 Å². The van der Waals surface area contributed by atoms with Crippen LogP contribution in [-0.2, 0) is 0 Å². The summed E-state index contributed by atoms with van der Waals surface area (Å²) in [5.74, 6) is 1.18. The summed E-state index contributed by atoms with van der Waals surface area (Å²) in [6.45, 7) is 1.50. The number of hydrogen-bond donors (Lipinski definition) is 2. The van der Waals surface area contributed by atoms with Gasteiger partial charge >= 0.3 is 5.69 Å². The number of anilines is 1. The van der Waals surface area contributed by atoms with Gasteiger partial charge < -0.3 is 4.90 Å². The Morgan fingerprint density at radius 3 is 3.04 bits per heavy atom. The first kappa shape index (κ1) is 13.9. The van der Waals surface area contributed by atoms with Gasteiger partial charge in [0.1, 0.15) is 23.8 Å². The molecule has 1 aliphatic heterocycles. The van der Waals surface area contributed by atoms with Gasteiger partial charge in [0.15, 0.2) is 0 Å². The molecule has 8 heteroatoms. The maximum absolute atomic E-state index is 13.6. The normalized spacial score (nSPS) is 18.5. The number of nitrogens with zero attached hydrogens (tertiary/aromatic N) is 4. The van der Waals surface area contributed by atoms with Crippen LogP contribution in [0.25, 0.3) is 10.9 Å². The Labute approximate surface area is 130 Å². The maximum Gasteiger partial charge on any atom is 0.340 e. The number of aromatic amines is 2. The number of H-pyrrole nitrogens is 2. The second-order valence-electron chi connectivity index (χ2n) is 5.71. The number of aromatic nitrogens is 5. The summed E-state index contributed by atoms with van der Waals surface area (Å²) >= 11 is 0. The third-order valence-electron chi connectivity index (χ3n) is 4.20. The summed E-state index contributed by atoms with van der Waals surface area (Å²) < 4.78 is 13.6. The predicted molar refractivity (Wildman–Crippen MR) is 82.9 cm³/mol. The molecular formula is C15H15FN6O. The average Bonchev–Trinajstić information content (AvgIpc) is 3.01. The molecule has 118 valence electrons. The fourth-order valence-corrected chi connectivity index (χ4v) is 3.14. The minimum atomic E-state index is -0.307. The standard InChI is InChI=1S/C15H15FN6O/c16-10-3-4-12-11(6-10)14(18-8-17-12)22-5-1-2-9(7-22)13-19-15(23)21-20-13/h3-4,6,8-9H,1-2,5,7H2,(H2,19,20,21,23). The third kappa shape index (κ3) is 2.56. The molecule has 1 atom stereocenters. The van der Waals surface area contributed by atoms with E-state index in [2.05, 4.69) is 30.0 Å². The van der Waals surface area contributed by atoms with Gasteiger partial charge in [0, 0.05) is 24.4 Å². The number of fused-ring (bicyclic) bond motifs is 1. The lowest BCUT2D eigenvalue weighted by molar-refractivity contribution is 0.490. The van der Waals surface area contributed by atoms with Crippen LogP contribution in [0.5, 0.6) is 0 Å². The molecule has 3 heterocycles. The smallest absolute Gasteiger partial charge is 0.340 e. The van der Waals surface area contributed by atoms with E-state index in [0.717, 1.165) is 25.2 Å². The molecule has 0 aliphatic carbocycles. The first-order valence-electron chi connectivity index (χ1n) is 7.50. The van der Waals surface area contributed by atoms with Crippen molar-refractivity contribution in [1.29, 1.82) is 0 Å². The molecule has 0 spiro atoms. The van der Waals surface area contributed by atoms with Gasteiger partial charge in [0.25, 0.3) is 0 Å². The van der Waals surface area contributed by atoms with E-state index >= 15 is 0 Å². The van der Waals surface area contributed by atoms with Crippen molar-refractivity contribution in [1.82, 2.24) is 25.1 Å². The number of rotatable bonds is 2. The van der Waals surface area contributed by atoms with Gasteiger partial charge in [-0.25, -0.2) is 24.3 Å². The number of benzene rings is 1. The van der Waals surface area contributed by atoms with Crippen LogP contribution in [0.15, 0.2) is 29.3 Å². The highest BCUT2D eigenvalue weighted by Crippen LogP contribution is 2.30. The molecule has 0 bridgehead atoms. The largest absolute Gasteiger partial charge is 0.355 e. The quantitative estimate of drug-likeness (QED) is 0.749. The molecule has 7 nitrogen and oxygen atoms in total. The summed E-state index contributed by atoms with van der Waals surface area (Å²) in [5, 5.41) is 7.13. The lowest BCUT2D eigenvalue weighted by Gasteiger charge is -2.33. The lowest BCUT2D eigenvalue weighted by atomic mass is 9.97. The summed E-state index contributed by atoms with van der Waals surface area (Å²) in [6.07, 6.45) is 3.38. The molecule has 1 aromatic carbocycles. The number of piperidine rings is 1. The highest BCUT2D eigenvalue weighted by Gasteiger charge is 2.25. The molecule has 1 fully saturated rings. The molecule has 2 aromatic heterocycles. The fourth-order valence-electron chi connectivity index (χ4n) is 3.14. The Hall–Kier alpha value is -2.77. The lowest BCUT2D eigenvalue weighted by Crippen LogP contribution is -2.35. The molecule has 1 aliphatic rings. The van der Waals surface area contributed by atoms with Crippen molar-refractivity contribution in [3.63, 3.8) is 0 Å². The SMILES string of the molecule is O=c1[nH]nc(C2CCCN(c3ncnc4ccc(F)cc34)C2)[nH]1. The Kier molecular flexibility index (Phi) is 3.29. The van der Waals surface area contributed by atoms with E-state index in [4.69, 9.17) is 0 Å². The van der Waals surface area contributed by atoms with E-state index < -0.39 is 0 Å². The minimum absolute atomic E-state index is 0.112. The van der Waals surface area contributed by atoms with Gasteiger partial charge in [-0.05, 0) is 31.0 Å². The van der Waals surface area contributed by atoms with Gasteiger partial charge in [0.05, 0.1) is 5.52 Å². The van der Waals surface area contributed by atoms with Crippen molar-refractivity contribution < 1.29 is 4.39 Å². The van der Waals surface area contributed by atoms with Crippen molar-refractivity contribution in [2.75, 3.05) is 18.0 Å². The van der Waals surface area contributed by atoms with Crippen LogP contribution < -0.4 is 10.6 Å². The van der Waals surface area contributed by atoms with Crippen LogP contribution in [0.1, 0.15) is 24.6 Å². The highest BCUT2D eigenvalue weighted by atomic mass is 19.1. The van der Waals surface area contributed by atoms with E-state index in [0.29, 0.717) is 23.3 Å². The summed E-state index contributed by atoms with van der Waals surface area (Å²) in [6, 6.07) is 4.51. The predicted octanol–water partition coefficient (Wildman–Crippen LogP) is 1.56. The zero-order valence-electron chi connectivity index (χ0n) is 12.3. The zero-order chi connectivity index (χ0) is 15.8. The molecule has 0 amide bonds. The van der Waals surface area contributed by atoms with Crippen LogP contribution >= 0.6 is 0 Å². The monoisotopic (exact) mass is 314 g/mol. The molecule has 4 rings (SSSR count). The minimum Gasteiger partial charge on any atom is -0.355 e. The van der Waals surface area contributed by atoms with Crippen LogP contribution in [-0.4, -0.2) is 38.2 Å². The second kappa shape index (κ2) is 5.45. The molecule has 0 saturated carbocycles. The second-order valence-corrected chi connectivity index (χ2v) is 5.71. The third-order valence-corrected chi connectivity index (χ3v) is 4.20. The summed E-state index contributed by atoms with van der Waals surface area (Å²) in [5.41, 5.74) is 0.415. The van der Waals surface area contributed by atoms with Gasteiger partial charge in [-0.15, -0.1) is 0 Å². The van der Waals surface area contributed by atoms with Crippen LogP contribution in [0.2, 0.25) is 0 Å². The molecular weight excluding hydrogens is 299 g/mol. The number of nitrogens with one attached hydrogen (secondary N) is 2. The topological polar surface area (TPSA) is 90.6 Å². The fraction of sp³-hybridized carbons (Fsp3) is 0.333. The highest BCUT2D eigenvalue weighted by molar-refractivity contribution is 5.89. The number of halogens is 1. The molecule has 1 unspecified atom stereocenters. The Morgan fingerprint density at radius 2 is 2.22 bits per heavy atom. The van der Waals surface area contributed by atoms with Crippen molar-refractivity contribution in [3.05, 3.63) is 46.7 Å². The molecule has 3 aromatic rings. The van der Waals surface area contributed by atoms with Crippen molar-refractivity contribution in [2.24, 2.45) is 0 Å². The van der Waals surface area contributed by atoms with E-state index in [1.165, 1.54) is 18.5 Å². The Morgan fingerprint density at radius 1 is 1.30 bits per heavy atom. The zero-order valence-corrected chi connectivity index (χ0v) is 12.3. The summed E-state index contributed by atoms with van der Waals surface area (Å²) in [7, 11) is 0. The van der Waals surface area contributed by atoms with Crippen molar-refractivity contribution in [3.8, 4) is 0 Å². The van der Waals surface area contributed by atoms with Gasteiger partial charge in [-0.1, -0.05) is 0 Å². The molecule has 1 saturated heterocycles. The van der Waals surface area contributed by atoms with Gasteiger partial charge in [-0.3, -0.25) is 4.98 Å². The van der Waals surface area contributed by atoms with Crippen molar-refractivity contribution >= 4 is 16.7 Å². The summed E-state index contributed by atoms with van der Waals surface area (Å²) in [4.78, 5) is 24.6. The van der Waals surface area contributed by atoms with Crippen LogP contribution in [0.4, 0.5) is 10.2 Å². The first-order chi connectivity index (χ1) is 11.2. The molecule has 0 radical (unpaired) electrons. The maximum atomic E-state index is 13.6. The molecule has 2 N–H and O–H groups in total. The average molecular weight is 314 g/mol. The Balaban J connectivity index is 1.70. The van der Waals surface area contributed by atoms with Gasteiger partial charge in [0.2, 0.25) is 0 Å². The van der Waals surface area contributed by atoms with Crippen LogP contribution in [0, 0.1) is 5.82 Å². The molecule has 23 heavy (non-hydrogen) atoms. The first-order valence-corrected chi connectivity index (χ1v) is 7.50. The van der Waals surface area contributed by atoms with Crippen molar-refractivity contribution in [2.45, 2.75) is 18.8 Å². The number of hydrogen-bond acceptors (Lipinski definition) is 5. The van der Waals surface area contributed by atoms with E-state index in [-0.39, 0.29) is 17.4 Å².